The summed E-state index contributed by atoms with van der Waals surface area (Å²) in [5, 5.41) is 18.3. The van der Waals surface area contributed by atoms with E-state index < -0.39 is 0 Å². The molecule has 2 aromatic rings. The van der Waals surface area contributed by atoms with Gasteiger partial charge in [0.25, 0.3) is 5.91 Å². The molecular formula is C26H33N5O2. The van der Waals surface area contributed by atoms with E-state index in [0.717, 1.165) is 25.7 Å². The highest BCUT2D eigenvalue weighted by molar-refractivity contribution is 5.97. The SMILES string of the molecule is CN/C(=N\C#N)N[C@H]1CC[C@](CNC(=O)c2ccccc2OC(C)C)(c2ccccc2)CC1. The molecule has 7 nitrogen and oxygen atoms in total. The molecule has 2 aromatic carbocycles. The average molecular weight is 448 g/mol. The van der Waals surface area contributed by atoms with Crippen LogP contribution in [0.5, 0.6) is 5.75 Å². The lowest BCUT2D eigenvalue weighted by Crippen LogP contribution is -2.49. The second kappa shape index (κ2) is 11.4. The first-order chi connectivity index (χ1) is 16.0. The Balaban J connectivity index is 1.74. The standard InChI is InChI=1S/C26H33N5O2/c1-19(2)33-23-12-8-7-11-22(23)24(32)29-17-26(20-9-5-4-6-10-20)15-13-21(14-16-26)31-25(28-3)30-18-27/h4-12,19,21H,13-17H2,1-3H3,(H,29,32)(H2,28,30,31)/t21-,26-. The molecule has 0 atom stereocenters. The molecule has 0 radical (unpaired) electrons. The summed E-state index contributed by atoms with van der Waals surface area (Å²) in [5.74, 6) is 0.966. The number of nitriles is 1. The number of hydrogen-bond acceptors (Lipinski definition) is 4. The third kappa shape index (κ3) is 6.26. The third-order valence-corrected chi connectivity index (χ3v) is 6.15. The van der Waals surface area contributed by atoms with Gasteiger partial charge in [0, 0.05) is 25.0 Å². The first-order valence-electron chi connectivity index (χ1n) is 11.5. The number of nitrogens with one attached hydrogen (secondary N) is 3. The van der Waals surface area contributed by atoms with E-state index in [1.807, 2.05) is 56.4 Å². The molecule has 0 bridgehead atoms. The summed E-state index contributed by atoms with van der Waals surface area (Å²) in [7, 11) is 1.75. The number of carbonyl (C=O) groups excluding carboxylic acids is 1. The zero-order valence-corrected chi connectivity index (χ0v) is 19.6. The van der Waals surface area contributed by atoms with Crippen LogP contribution in [0.3, 0.4) is 0 Å². The normalized spacial score (nSPS) is 20.6. The van der Waals surface area contributed by atoms with Crippen molar-refractivity contribution in [2.45, 2.75) is 57.1 Å². The predicted molar refractivity (Wildman–Crippen MR) is 130 cm³/mol. The maximum atomic E-state index is 13.1. The van der Waals surface area contributed by atoms with Gasteiger partial charge < -0.3 is 20.7 Å². The van der Waals surface area contributed by atoms with Crippen molar-refractivity contribution in [2.24, 2.45) is 4.99 Å². The van der Waals surface area contributed by atoms with Crippen LogP contribution in [-0.2, 0) is 5.41 Å². The van der Waals surface area contributed by atoms with E-state index in [9.17, 15) is 4.79 Å². The molecule has 0 spiro atoms. The minimum Gasteiger partial charge on any atom is -0.490 e. The molecule has 3 rings (SSSR count). The highest BCUT2D eigenvalue weighted by atomic mass is 16.5. The lowest BCUT2D eigenvalue weighted by Gasteiger charge is -2.41. The second-order valence-corrected chi connectivity index (χ2v) is 8.72. The van der Waals surface area contributed by atoms with Crippen LogP contribution in [0, 0.1) is 11.5 Å². The Labute approximate surface area is 196 Å². The molecular weight excluding hydrogens is 414 g/mol. The fourth-order valence-electron chi connectivity index (χ4n) is 4.43. The Morgan fingerprint density at radius 3 is 2.45 bits per heavy atom. The molecule has 3 N–H and O–H groups in total. The molecule has 33 heavy (non-hydrogen) atoms. The summed E-state index contributed by atoms with van der Waals surface area (Å²) < 4.78 is 5.84. The molecule has 0 heterocycles. The summed E-state index contributed by atoms with van der Waals surface area (Å²) >= 11 is 0. The highest BCUT2D eigenvalue weighted by Crippen LogP contribution is 2.39. The van der Waals surface area contributed by atoms with Crippen molar-refractivity contribution in [3.05, 3.63) is 65.7 Å². The first kappa shape index (κ1) is 24.1. The van der Waals surface area contributed by atoms with Crippen molar-refractivity contribution in [3.8, 4) is 11.9 Å². The lowest BCUT2D eigenvalue weighted by atomic mass is 9.68. The highest BCUT2D eigenvalue weighted by Gasteiger charge is 2.37. The van der Waals surface area contributed by atoms with Crippen LogP contribution in [0.4, 0.5) is 0 Å². The Morgan fingerprint density at radius 2 is 1.82 bits per heavy atom. The monoisotopic (exact) mass is 447 g/mol. The zero-order chi connectivity index (χ0) is 23.7. The van der Waals surface area contributed by atoms with Crippen LogP contribution < -0.4 is 20.7 Å². The van der Waals surface area contributed by atoms with Gasteiger partial charge in [-0.25, -0.2) is 0 Å². The summed E-state index contributed by atoms with van der Waals surface area (Å²) in [6.45, 7) is 4.45. The largest absolute Gasteiger partial charge is 0.490 e. The number of ether oxygens (including phenoxy) is 1. The van der Waals surface area contributed by atoms with Crippen LogP contribution in [-0.4, -0.2) is 37.6 Å². The Bertz CT molecular complexity index is 989. The summed E-state index contributed by atoms with van der Waals surface area (Å²) in [6, 6.07) is 18.0. The van der Waals surface area contributed by atoms with Gasteiger partial charge in [0.05, 0.1) is 11.7 Å². The smallest absolute Gasteiger partial charge is 0.255 e. The molecule has 0 aromatic heterocycles. The number of benzene rings is 2. The summed E-state index contributed by atoms with van der Waals surface area (Å²) in [5.41, 5.74) is 1.63. The Morgan fingerprint density at radius 1 is 1.15 bits per heavy atom. The molecule has 1 aliphatic carbocycles. The number of guanidine groups is 1. The van der Waals surface area contributed by atoms with Crippen LogP contribution >= 0.6 is 0 Å². The van der Waals surface area contributed by atoms with Crippen molar-refractivity contribution < 1.29 is 9.53 Å². The molecule has 7 heteroatoms. The van der Waals surface area contributed by atoms with Crippen molar-refractivity contribution in [1.82, 2.24) is 16.0 Å². The van der Waals surface area contributed by atoms with E-state index >= 15 is 0 Å². The van der Waals surface area contributed by atoms with Crippen LogP contribution in [0.15, 0.2) is 59.6 Å². The van der Waals surface area contributed by atoms with Gasteiger partial charge in [0.2, 0.25) is 12.2 Å². The van der Waals surface area contributed by atoms with Gasteiger partial charge in [0.15, 0.2) is 0 Å². The summed E-state index contributed by atoms with van der Waals surface area (Å²) in [4.78, 5) is 16.9. The molecule has 0 unspecified atom stereocenters. The number of nitrogens with zero attached hydrogens (tertiary/aromatic N) is 2. The number of carbonyl (C=O) groups is 1. The predicted octanol–water partition coefficient (Wildman–Crippen LogP) is 3.73. The van der Waals surface area contributed by atoms with Gasteiger partial charge in [-0.3, -0.25) is 4.79 Å². The van der Waals surface area contributed by atoms with E-state index in [2.05, 4.69) is 33.1 Å². The molecule has 1 saturated carbocycles. The first-order valence-corrected chi connectivity index (χ1v) is 11.5. The van der Waals surface area contributed by atoms with E-state index in [-0.39, 0.29) is 23.5 Å². The van der Waals surface area contributed by atoms with Gasteiger partial charge in [0.1, 0.15) is 5.75 Å². The molecule has 1 fully saturated rings. The lowest BCUT2D eigenvalue weighted by molar-refractivity contribution is 0.0929. The van der Waals surface area contributed by atoms with Gasteiger partial charge in [-0.05, 0) is 57.2 Å². The van der Waals surface area contributed by atoms with Crippen molar-refractivity contribution >= 4 is 11.9 Å². The summed E-state index contributed by atoms with van der Waals surface area (Å²) in [6.07, 6.45) is 5.43. The Hall–Kier alpha value is -3.53. The van der Waals surface area contributed by atoms with Crippen LogP contribution in [0.25, 0.3) is 0 Å². The fraction of sp³-hybridized carbons (Fsp3) is 0.423. The Kier molecular flexibility index (Phi) is 8.31. The van der Waals surface area contributed by atoms with E-state index in [1.165, 1.54) is 5.56 Å². The molecule has 1 amide bonds. The number of para-hydroxylation sites is 1. The molecule has 0 saturated heterocycles. The third-order valence-electron chi connectivity index (χ3n) is 6.15. The maximum absolute atomic E-state index is 13.1. The average Bonchev–Trinajstić information content (AvgIpc) is 2.84. The fourth-order valence-corrected chi connectivity index (χ4v) is 4.43. The minimum atomic E-state index is -0.158. The number of rotatable bonds is 7. The van der Waals surface area contributed by atoms with Crippen molar-refractivity contribution in [1.29, 1.82) is 5.26 Å². The van der Waals surface area contributed by atoms with Gasteiger partial charge >= 0.3 is 0 Å². The van der Waals surface area contributed by atoms with Gasteiger partial charge in [-0.2, -0.15) is 5.26 Å². The van der Waals surface area contributed by atoms with E-state index in [1.54, 1.807) is 13.1 Å². The topological polar surface area (TPSA) is 98.5 Å². The van der Waals surface area contributed by atoms with Crippen LogP contribution in [0.1, 0.15) is 55.5 Å². The van der Waals surface area contributed by atoms with Crippen molar-refractivity contribution in [2.75, 3.05) is 13.6 Å². The molecule has 0 aliphatic heterocycles. The van der Waals surface area contributed by atoms with E-state index in [4.69, 9.17) is 10.00 Å². The molecule has 174 valence electrons. The van der Waals surface area contributed by atoms with Gasteiger partial charge in [-0.1, -0.05) is 42.5 Å². The number of aliphatic imine (C=N–C) groups is 1. The van der Waals surface area contributed by atoms with Gasteiger partial charge in [-0.15, -0.1) is 4.99 Å². The molecule has 1 aliphatic rings. The minimum absolute atomic E-state index is 0.00976. The quantitative estimate of drug-likeness (QED) is 0.341. The number of hydrogen-bond donors (Lipinski definition) is 3. The number of amides is 1. The maximum Gasteiger partial charge on any atom is 0.255 e. The zero-order valence-electron chi connectivity index (χ0n) is 19.6. The van der Waals surface area contributed by atoms with Crippen LogP contribution in [0.2, 0.25) is 0 Å². The van der Waals surface area contributed by atoms with E-state index in [0.29, 0.717) is 23.8 Å². The van der Waals surface area contributed by atoms with Crippen molar-refractivity contribution in [3.63, 3.8) is 0 Å². The second-order valence-electron chi connectivity index (χ2n) is 8.72.